The summed E-state index contributed by atoms with van der Waals surface area (Å²) in [6, 6.07) is 17.6. The van der Waals surface area contributed by atoms with Crippen LogP contribution in [0.5, 0.6) is 0 Å². The Morgan fingerprint density at radius 3 is 0.831 bits per heavy atom. The Bertz CT molecular complexity index is 5560. The monoisotopic (exact) mass is 1970 g/mol. The van der Waals surface area contributed by atoms with Crippen molar-refractivity contribution < 1.29 is 44.5 Å². The second-order valence-electron chi connectivity index (χ2n) is 42.2. The Labute approximate surface area is 822 Å². The Kier molecular flexibility index (Phi) is 26.5. The SMILES string of the molecule is CC(C)([C@@H]1c2sccc2-c2cncn21)[C@@H](O)C1CCCCC1.CC(C)([C@H](O)C1CCCCC1)[C@@H]1c2sccc2-c2cncn21.OC1CCC([C@@H]2c3sccc3-c3cncn32)CC1.OC1CCC([C@@H]2c3sccc3-c3cncn32)CC1.OC1CCC([C@H]2c3sccc3-c3cncn32)CC1.OC1CCC([C@H]2c3sccc3-c3cncn32)CC1.O[C@H](C[C@H]1c2sccc2-c2cncn21)C1CC(F)(F)C1. The second-order valence-corrected chi connectivity index (χ2v) is 48.9. The van der Waals surface area contributed by atoms with E-state index in [-0.39, 0.29) is 84.3 Å². The minimum absolute atomic E-state index is 0.0340. The van der Waals surface area contributed by atoms with Gasteiger partial charge in [0.1, 0.15) is 0 Å². The minimum atomic E-state index is -2.57. The molecule has 14 aromatic rings. The Morgan fingerprint density at radius 2 is 0.544 bits per heavy atom. The highest BCUT2D eigenvalue weighted by Gasteiger charge is 2.52. The number of aliphatic hydroxyl groups excluding tert-OH is 7. The number of nitrogens with zero attached hydrogens (tertiary/aromatic N) is 14. The highest BCUT2D eigenvalue weighted by molar-refractivity contribution is 7.12. The molecule has 0 aromatic carbocycles. The molecule has 7 N–H and O–H groups in total. The predicted octanol–water partition coefficient (Wildman–Crippen LogP) is 24.5. The fraction of sp³-hybridized carbons (Fsp3) is 0.538. The molecule has 10 atom stereocenters. The van der Waals surface area contributed by atoms with E-state index in [9.17, 15) is 44.5 Å². The largest absolute Gasteiger partial charge is 0.393 e. The molecule has 14 aromatic heterocycles. The van der Waals surface area contributed by atoms with Crippen LogP contribution in [0.3, 0.4) is 0 Å². The van der Waals surface area contributed by atoms with Gasteiger partial charge in [-0.15, -0.1) is 79.4 Å². The zero-order valence-electron chi connectivity index (χ0n) is 77.8. The van der Waals surface area contributed by atoms with Crippen LogP contribution in [0.1, 0.15) is 290 Å². The van der Waals surface area contributed by atoms with E-state index >= 15 is 0 Å². The molecule has 0 saturated heterocycles. The number of alkyl halides is 2. The van der Waals surface area contributed by atoms with Crippen LogP contribution in [0, 0.1) is 52.3 Å². The summed E-state index contributed by atoms with van der Waals surface area (Å²) in [7, 11) is 0. The lowest BCUT2D eigenvalue weighted by Crippen LogP contribution is -2.42. The molecule has 28 rings (SSSR count). The lowest BCUT2D eigenvalue weighted by Gasteiger charge is -2.42. The van der Waals surface area contributed by atoms with Gasteiger partial charge in [-0.3, -0.25) is 0 Å². The van der Waals surface area contributed by atoms with E-state index in [4.69, 9.17) is 0 Å². The molecule has 14 aliphatic rings. The smallest absolute Gasteiger partial charge is 0.248 e. The predicted molar refractivity (Wildman–Crippen MR) is 539 cm³/mol. The molecule has 21 heterocycles. The summed E-state index contributed by atoms with van der Waals surface area (Å²) >= 11 is 12.7. The zero-order valence-corrected chi connectivity index (χ0v) is 83.5. The van der Waals surface area contributed by atoms with Gasteiger partial charge in [-0.05, 0) is 256 Å². The van der Waals surface area contributed by atoms with Gasteiger partial charge in [0.25, 0.3) is 0 Å². The van der Waals surface area contributed by atoms with Gasteiger partial charge in [-0.1, -0.05) is 66.2 Å². The molecule has 7 aliphatic carbocycles. The van der Waals surface area contributed by atoms with Gasteiger partial charge >= 0.3 is 0 Å². The van der Waals surface area contributed by atoms with Crippen LogP contribution in [0.4, 0.5) is 8.78 Å². The minimum Gasteiger partial charge on any atom is -0.393 e. The van der Waals surface area contributed by atoms with E-state index in [1.54, 1.807) is 17.7 Å². The van der Waals surface area contributed by atoms with E-state index in [0.29, 0.717) is 66.1 Å². The molecule has 0 bridgehead atoms. The maximum atomic E-state index is 12.9. The quantitative estimate of drug-likeness (QED) is 0.0566. The first-order valence-electron chi connectivity index (χ1n) is 49.9. The number of halogens is 2. The highest BCUT2D eigenvalue weighted by Crippen LogP contribution is 2.60. The number of fused-ring (bicyclic) bond motifs is 21. The fourth-order valence-corrected chi connectivity index (χ4v) is 34.0. The van der Waals surface area contributed by atoms with E-state index in [2.05, 4.69) is 165 Å². The lowest BCUT2D eigenvalue weighted by molar-refractivity contribution is -0.143. The standard InChI is InChI=1S/2C18H24N2OS.C14H14F2N2OS.4C14H16N2OS/c2*1-18(2,17(21)12-6-4-3-5-7-12)16-15-13(8-9-22-15)14-10-19-11-20(14)16;15-14(16)4-8(5-14)12(19)3-10-13-9(1-2-20-13)11-6-17-7-18(10)11;4*17-10-3-1-9(2-4-10)13-14-11(5-6-18-14)12-7-15-8-16(12)13/h2*8-12,16-17,21H,3-7H2,1-2H3;1-2,6-8,10,12,19H,3-5H2;4*5-10,13,17H,1-4H2/t16-,17+;16-,17-;10-,12+;4*9?,10?,13-/m0001100/s1. The molecule has 7 saturated carbocycles. The van der Waals surface area contributed by atoms with Crippen LogP contribution in [0.2, 0.25) is 0 Å². The molecule has 0 unspecified atom stereocenters. The van der Waals surface area contributed by atoms with Crippen LogP contribution < -0.4 is 0 Å². The van der Waals surface area contributed by atoms with Crippen molar-refractivity contribution in [2.24, 2.45) is 52.3 Å². The zero-order chi connectivity index (χ0) is 93.0. The van der Waals surface area contributed by atoms with Gasteiger partial charge in [0.15, 0.2) is 0 Å². The Hall–Kier alpha value is -8.05. The molecule has 0 amide bonds. The third kappa shape index (κ3) is 17.2. The number of hydrogen-bond donors (Lipinski definition) is 7. The third-order valence-corrected chi connectivity index (χ3v) is 40.3. The van der Waals surface area contributed by atoms with Crippen molar-refractivity contribution in [2.45, 2.75) is 305 Å². The summed E-state index contributed by atoms with van der Waals surface area (Å²) in [6.45, 7) is 8.93. The molecule has 21 nitrogen and oxygen atoms in total. The number of rotatable bonds is 13. The number of aromatic nitrogens is 14. The molecule has 0 spiro atoms. The lowest BCUT2D eigenvalue weighted by atomic mass is 9.70. The normalized spacial score (nSPS) is 27.2. The molecule has 0 radical (unpaired) electrons. The average Bonchev–Trinajstić information content (AvgIpc) is 1.55. The van der Waals surface area contributed by atoms with Gasteiger partial charge < -0.3 is 67.7 Å². The van der Waals surface area contributed by atoms with Crippen LogP contribution >= 0.6 is 79.4 Å². The summed E-state index contributed by atoms with van der Waals surface area (Å²) in [6.07, 6.45) is 54.7. The van der Waals surface area contributed by atoms with E-state index in [0.717, 1.165) is 114 Å². The summed E-state index contributed by atoms with van der Waals surface area (Å²) in [4.78, 5) is 40.0. The average molecular weight is 1970 g/mol. The van der Waals surface area contributed by atoms with Crippen LogP contribution in [-0.4, -0.2) is 151 Å². The van der Waals surface area contributed by atoms with Crippen LogP contribution in [-0.2, 0) is 0 Å². The van der Waals surface area contributed by atoms with Gasteiger partial charge in [0.2, 0.25) is 5.92 Å². The summed E-state index contributed by atoms with van der Waals surface area (Å²) < 4.78 is 41.8. The first kappa shape index (κ1) is 92.9. The Balaban J connectivity index is 0.0000000921. The highest BCUT2D eigenvalue weighted by atomic mass is 32.1. The third-order valence-electron chi connectivity index (χ3n) is 33.4. The van der Waals surface area contributed by atoms with Crippen molar-refractivity contribution in [3.63, 3.8) is 0 Å². The van der Waals surface area contributed by atoms with E-state index in [1.165, 1.54) is 166 Å². The van der Waals surface area contributed by atoms with Crippen molar-refractivity contribution in [1.82, 2.24) is 66.9 Å². The van der Waals surface area contributed by atoms with Gasteiger partial charge in [-0.2, -0.15) is 0 Å². The first-order valence-corrected chi connectivity index (χ1v) is 56.1. The van der Waals surface area contributed by atoms with Crippen LogP contribution in [0.25, 0.3) is 78.8 Å². The number of thiophene rings is 7. The first-order chi connectivity index (χ1) is 66.1. The van der Waals surface area contributed by atoms with E-state index in [1.807, 2.05) is 159 Å². The summed E-state index contributed by atoms with van der Waals surface area (Å²) in [5.41, 5.74) is 17.4. The van der Waals surface area contributed by atoms with Crippen molar-refractivity contribution in [2.75, 3.05) is 0 Å². The van der Waals surface area contributed by atoms with Crippen molar-refractivity contribution >= 4 is 79.4 Å². The summed E-state index contributed by atoms with van der Waals surface area (Å²) in [5.74, 6) is 0.653. The summed E-state index contributed by atoms with van der Waals surface area (Å²) in [5, 5.41) is 86.3. The molecular weight excluding hydrogens is 1840 g/mol. The number of aliphatic hydroxyl groups is 7. The van der Waals surface area contributed by atoms with Gasteiger partial charge in [-0.25, -0.2) is 43.7 Å². The van der Waals surface area contributed by atoms with Crippen molar-refractivity contribution in [1.29, 1.82) is 0 Å². The molecule has 7 fully saturated rings. The number of imidazole rings is 7. The number of hydrogen-bond acceptors (Lipinski definition) is 21. The molecule has 136 heavy (non-hydrogen) atoms. The van der Waals surface area contributed by atoms with Gasteiger partial charge in [0.05, 0.1) is 213 Å². The maximum absolute atomic E-state index is 12.9. The van der Waals surface area contributed by atoms with Gasteiger partial charge in [0, 0.05) is 96.8 Å². The van der Waals surface area contributed by atoms with Crippen LogP contribution in [0.15, 0.2) is 168 Å². The molecule has 30 heteroatoms. The molecule has 718 valence electrons. The molecule has 7 aliphatic heterocycles. The van der Waals surface area contributed by atoms with Crippen molar-refractivity contribution in [3.8, 4) is 78.8 Å². The Morgan fingerprint density at radius 1 is 0.309 bits per heavy atom. The molecular formula is C106H126F2N14O7S7. The van der Waals surface area contributed by atoms with E-state index < -0.39 is 12.0 Å². The maximum Gasteiger partial charge on any atom is 0.248 e. The topological polar surface area (TPSA) is 266 Å². The fourth-order valence-electron chi connectivity index (χ4n) is 26.2. The second kappa shape index (κ2) is 38.8. The van der Waals surface area contributed by atoms with Crippen molar-refractivity contribution in [3.05, 3.63) is 202 Å².